The van der Waals surface area contributed by atoms with E-state index in [2.05, 4.69) is 57.0 Å². The summed E-state index contributed by atoms with van der Waals surface area (Å²) >= 11 is 3.52. The van der Waals surface area contributed by atoms with Crippen molar-refractivity contribution >= 4 is 45.9 Å². The summed E-state index contributed by atoms with van der Waals surface area (Å²) < 4.78 is 6.46. The second-order valence-electron chi connectivity index (χ2n) is 5.41. The fourth-order valence-corrected chi connectivity index (χ4v) is 2.90. The molecule has 1 aromatic rings. The van der Waals surface area contributed by atoms with Gasteiger partial charge in [0.25, 0.3) is 0 Å². The first-order chi connectivity index (χ1) is 10.2. The number of hydrogen-bond acceptors (Lipinski definition) is 2. The molecule has 1 aromatic carbocycles. The maximum Gasteiger partial charge on any atom is 0.191 e. The van der Waals surface area contributed by atoms with Gasteiger partial charge in [-0.05, 0) is 30.0 Å². The number of hydrogen-bond donors (Lipinski definition) is 1. The van der Waals surface area contributed by atoms with Crippen LogP contribution in [0.3, 0.4) is 0 Å². The molecule has 6 heteroatoms. The highest BCUT2D eigenvalue weighted by Gasteiger charge is 2.13. The van der Waals surface area contributed by atoms with Crippen molar-refractivity contribution in [3.63, 3.8) is 0 Å². The van der Waals surface area contributed by atoms with E-state index in [1.165, 1.54) is 5.56 Å². The van der Waals surface area contributed by atoms with E-state index in [4.69, 9.17) is 10.5 Å². The van der Waals surface area contributed by atoms with Crippen molar-refractivity contribution in [2.75, 3.05) is 32.8 Å². The molecule has 1 saturated heterocycles. The summed E-state index contributed by atoms with van der Waals surface area (Å²) in [5.41, 5.74) is 7.43. The van der Waals surface area contributed by atoms with E-state index in [9.17, 15) is 0 Å². The number of morpholine rings is 1. The van der Waals surface area contributed by atoms with Gasteiger partial charge in [-0.1, -0.05) is 41.4 Å². The lowest BCUT2D eigenvalue weighted by molar-refractivity contribution is 0.0674. The molecule has 2 rings (SSSR count). The van der Waals surface area contributed by atoms with Crippen LogP contribution in [0, 0.1) is 5.92 Å². The second kappa shape index (κ2) is 10.4. The van der Waals surface area contributed by atoms with Crippen molar-refractivity contribution in [3.05, 3.63) is 34.3 Å². The molecule has 1 heterocycles. The molecule has 2 N–H and O–H groups in total. The van der Waals surface area contributed by atoms with Gasteiger partial charge in [-0.15, -0.1) is 24.0 Å². The lowest BCUT2D eigenvalue weighted by Crippen LogP contribution is -2.45. The minimum absolute atomic E-state index is 0. The van der Waals surface area contributed by atoms with Crippen LogP contribution < -0.4 is 5.73 Å². The first-order valence-electron chi connectivity index (χ1n) is 7.56. The Morgan fingerprint density at radius 3 is 2.77 bits per heavy atom. The van der Waals surface area contributed by atoms with Gasteiger partial charge in [0.05, 0.1) is 13.2 Å². The van der Waals surface area contributed by atoms with E-state index in [0.717, 1.165) is 50.2 Å². The monoisotopic (exact) mass is 481 g/mol. The number of halogens is 2. The average molecular weight is 482 g/mol. The van der Waals surface area contributed by atoms with Gasteiger partial charge in [0.15, 0.2) is 5.96 Å². The number of nitrogens with zero attached hydrogens (tertiary/aromatic N) is 2. The Balaban J connectivity index is 0.00000242. The van der Waals surface area contributed by atoms with Crippen LogP contribution >= 0.6 is 39.9 Å². The van der Waals surface area contributed by atoms with Crippen LogP contribution in [-0.2, 0) is 11.2 Å². The molecule has 1 aliphatic rings. The van der Waals surface area contributed by atoms with Gasteiger partial charge >= 0.3 is 0 Å². The maximum atomic E-state index is 6.08. The minimum atomic E-state index is 0. The van der Waals surface area contributed by atoms with Gasteiger partial charge in [-0.2, -0.15) is 0 Å². The molecule has 0 bridgehead atoms. The van der Waals surface area contributed by atoms with E-state index in [1.807, 2.05) is 0 Å². The largest absolute Gasteiger partial charge is 0.378 e. The topological polar surface area (TPSA) is 50.8 Å². The van der Waals surface area contributed by atoms with Crippen molar-refractivity contribution in [2.45, 2.75) is 19.8 Å². The predicted octanol–water partition coefficient (Wildman–Crippen LogP) is 3.28. The molecule has 4 nitrogen and oxygen atoms in total. The smallest absolute Gasteiger partial charge is 0.191 e. The van der Waals surface area contributed by atoms with Gasteiger partial charge in [0.1, 0.15) is 0 Å². The zero-order chi connectivity index (χ0) is 15.1. The SMILES string of the molecule is CCC(CN=C(N)N1CCOCC1)Cc1cccc(Br)c1.I. The number of guanidine groups is 1. The van der Waals surface area contributed by atoms with Crippen molar-refractivity contribution in [1.82, 2.24) is 4.90 Å². The lowest BCUT2D eigenvalue weighted by atomic mass is 9.97. The standard InChI is InChI=1S/C16H24BrN3O.HI/c1-2-13(10-14-4-3-5-15(17)11-14)12-19-16(18)20-6-8-21-9-7-20;/h3-5,11,13H,2,6-10,12H2,1H3,(H2,18,19);1H. The van der Waals surface area contributed by atoms with Crippen LogP contribution in [0.4, 0.5) is 0 Å². The summed E-state index contributed by atoms with van der Waals surface area (Å²) in [4.78, 5) is 6.70. The van der Waals surface area contributed by atoms with Crippen molar-refractivity contribution < 1.29 is 4.74 Å². The molecule has 22 heavy (non-hydrogen) atoms. The van der Waals surface area contributed by atoms with Gasteiger partial charge in [0.2, 0.25) is 0 Å². The van der Waals surface area contributed by atoms with Crippen LogP contribution in [0.15, 0.2) is 33.7 Å². The van der Waals surface area contributed by atoms with Crippen molar-refractivity contribution in [2.24, 2.45) is 16.6 Å². The molecule has 0 saturated carbocycles. The first kappa shape index (κ1) is 19.7. The summed E-state index contributed by atoms with van der Waals surface area (Å²) in [6.07, 6.45) is 2.14. The highest BCUT2D eigenvalue weighted by Crippen LogP contribution is 2.17. The summed E-state index contributed by atoms with van der Waals surface area (Å²) in [7, 11) is 0. The van der Waals surface area contributed by atoms with Crippen molar-refractivity contribution in [3.8, 4) is 0 Å². The van der Waals surface area contributed by atoms with Gasteiger partial charge in [0, 0.05) is 24.1 Å². The maximum absolute atomic E-state index is 6.08. The fourth-order valence-electron chi connectivity index (χ4n) is 2.45. The molecule has 124 valence electrons. The lowest BCUT2D eigenvalue weighted by Gasteiger charge is -2.28. The molecule has 0 aromatic heterocycles. The minimum Gasteiger partial charge on any atom is -0.378 e. The highest BCUT2D eigenvalue weighted by atomic mass is 127. The molecular formula is C16H25BrIN3O. The number of ether oxygens (including phenoxy) is 1. The molecule has 0 spiro atoms. The van der Waals surface area contributed by atoms with Crippen LogP contribution in [-0.4, -0.2) is 43.7 Å². The summed E-state index contributed by atoms with van der Waals surface area (Å²) in [6.45, 7) is 6.17. The quantitative estimate of drug-likeness (QED) is 0.399. The predicted molar refractivity (Wildman–Crippen MR) is 106 cm³/mol. The normalized spacial score (nSPS) is 17.0. The zero-order valence-corrected chi connectivity index (χ0v) is 16.9. The average Bonchev–Trinajstić information content (AvgIpc) is 2.52. The van der Waals surface area contributed by atoms with Crippen LogP contribution in [0.2, 0.25) is 0 Å². The number of nitrogens with two attached hydrogens (primary N) is 1. The Morgan fingerprint density at radius 2 is 2.14 bits per heavy atom. The highest BCUT2D eigenvalue weighted by molar-refractivity contribution is 14.0. The summed E-state index contributed by atoms with van der Waals surface area (Å²) in [5.74, 6) is 1.19. The Morgan fingerprint density at radius 1 is 1.41 bits per heavy atom. The molecular weight excluding hydrogens is 457 g/mol. The van der Waals surface area contributed by atoms with E-state index >= 15 is 0 Å². The fraction of sp³-hybridized carbons (Fsp3) is 0.562. The molecule has 1 unspecified atom stereocenters. The Kier molecular flexibility index (Phi) is 9.35. The zero-order valence-electron chi connectivity index (χ0n) is 13.0. The van der Waals surface area contributed by atoms with Crippen LogP contribution in [0.25, 0.3) is 0 Å². The first-order valence-corrected chi connectivity index (χ1v) is 8.35. The number of rotatable bonds is 5. The third-order valence-corrected chi connectivity index (χ3v) is 4.33. The van der Waals surface area contributed by atoms with Gasteiger partial charge in [-0.3, -0.25) is 4.99 Å². The van der Waals surface area contributed by atoms with Gasteiger partial charge < -0.3 is 15.4 Å². The van der Waals surface area contributed by atoms with E-state index in [1.54, 1.807) is 0 Å². The van der Waals surface area contributed by atoms with Crippen LogP contribution in [0.1, 0.15) is 18.9 Å². The Bertz CT molecular complexity index is 478. The van der Waals surface area contributed by atoms with E-state index in [-0.39, 0.29) is 24.0 Å². The summed E-state index contributed by atoms with van der Waals surface area (Å²) in [5, 5.41) is 0. The third-order valence-electron chi connectivity index (χ3n) is 3.84. The van der Waals surface area contributed by atoms with E-state index in [0.29, 0.717) is 11.9 Å². The molecule has 0 radical (unpaired) electrons. The molecule has 0 amide bonds. The van der Waals surface area contributed by atoms with Gasteiger partial charge in [-0.25, -0.2) is 0 Å². The second-order valence-corrected chi connectivity index (χ2v) is 6.32. The third kappa shape index (κ3) is 6.42. The Hall–Kier alpha value is -0.340. The van der Waals surface area contributed by atoms with E-state index < -0.39 is 0 Å². The molecule has 0 aliphatic carbocycles. The molecule has 1 aliphatic heterocycles. The summed E-state index contributed by atoms with van der Waals surface area (Å²) in [6, 6.07) is 8.48. The number of benzene rings is 1. The molecule has 1 fully saturated rings. The number of aliphatic imine (C=N–C) groups is 1. The Labute approximate surface area is 158 Å². The van der Waals surface area contributed by atoms with Crippen LogP contribution in [0.5, 0.6) is 0 Å². The van der Waals surface area contributed by atoms with Crippen molar-refractivity contribution in [1.29, 1.82) is 0 Å². The molecule has 1 atom stereocenters.